The van der Waals surface area contributed by atoms with Crippen LogP contribution in [-0.4, -0.2) is 46.6 Å². The van der Waals surface area contributed by atoms with Crippen LogP contribution in [0.15, 0.2) is 48.7 Å². The van der Waals surface area contributed by atoms with Crippen LogP contribution in [0.3, 0.4) is 0 Å². The lowest BCUT2D eigenvalue weighted by Gasteiger charge is -2.41. The van der Waals surface area contributed by atoms with Crippen molar-refractivity contribution in [1.82, 2.24) is 15.2 Å². The number of hydrogen-bond acceptors (Lipinski definition) is 3. The number of benzene rings is 2. The van der Waals surface area contributed by atoms with E-state index in [0.717, 1.165) is 36.0 Å². The number of aromatic hydroxyl groups is 1. The number of likely N-dealkylation sites (tertiary alicyclic amines) is 1. The summed E-state index contributed by atoms with van der Waals surface area (Å²) in [5.74, 6) is 1.50. The van der Waals surface area contributed by atoms with Crippen LogP contribution in [-0.2, 0) is 4.79 Å². The molecule has 0 unspecified atom stereocenters. The molecule has 3 aromatic rings. The van der Waals surface area contributed by atoms with E-state index in [1.54, 1.807) is 30.4 Å². The number of rotatable bonds is 7. The average Bonchev–Trinajstić information content (AvgIpc) is 3.33. The number of hydrogen-bond donors (Lipinski definition) is 3. The summed E-state index contributed by atoms with van der Waals surface area (Å²) in [5.41, 5.74) is 3.31. The SMILES string of the molecule is O=C(/C=C/c1ccc(Cl)c(Cl)c1)NCCC1CCC(N2CCC(c3c[nH]c4ccc(O)cc34)CC2)CC1. The molecule has 2 heterocycles. The normalized spacial score (nSPS) is 21.6. The van der Waals surface area contributed by atoms with Gasteiger partial charge in [0.25, 0.3) is 0 Å². The summed E-state index contributed by atoms with van der Waals surface area (Å²) in [6.07, 6.45) is 13.8. The number of phenols is 1. The molecule has 0 bridgehead atoms. The Bertz CT molecular complexity index is 1250. The maximum absolute atomic E-state index is 12.2. The summed E-state index contributed by atoms with van der Waals surface area (Å²) >= 11 is 12.0. The van der Waals surface area contributed by atoms with Crippen LogP contribution in [0, 0.1) is 5.92 Å². The van der Waals surface area contributed by atoms with Gasteiger partial charge < -0.3 is 20.3 Å². The Kier molecular flexibility index (Phi) is 8.43. The lowest BCUT2D eigenvalue weighted by atomic mass is 9.82. The van der Waals surface area contributed by atoms with E-state index in [1.807, 2.05) is 18.2 Å². The Labute approximate surface area is 228 Å². The Morgan fingerprint density at radius 1 is 1.03 bits per heavy atom. The van der Waals surface area contributed by atoms with Gasteiger partial charge in [-0.2, -0.15) is 0 Å². The average molecular weight is 541 g/mol. The van der Waals surface area contributed by atoms with E-state index in [-0.39, 0.29) is 5.91 Å². The van der Waals surface area contributed by atoms with Gasteiger partial charge in [0.1, 0.15) is 5.75 Å². The number of fused-ring (bicyclic) bond motifs is 1. The van der Waals surface area contributed by atoms with Gasteiger partial charge in [-0.05, 0) is 117 Å². The first-order chi connectivity index (χ1) is 18.0. The van der Waals surface area contributed by atoms with Crippen LogP contribution < -0.4 is 5.32 Å². The van der Waals surface area contributed by atoms with E-state index in [0.29, 0.717) is 40.2 Å². The molecule has 1 aliphatic carbocycles. The van der Waals surface area contributed by atoms with Crippen molar-refractivity contribution in [1.29, 1.82) is 0 Å². The molecule has 5 rings (SSSR count). The van der Waals surface area contributed by atoms with Gasteiger partial charge in [-0.3, -0.25) is 4.79 Å². The van der Waals surface area contributed by atoms with Crippen molar-refractivity contribution < 1.29 is 9.90 Å². The molecule has 0 spiro atoms. The number of carbonyl (C=O) groups is 1. The maximum Gasteiger partial charge on any atom is 0.243 e. The van der Waals surface area contributed by atoms with E-state index in [9.17, 15) is 9.90 Å². The van der Waals surface area contributed by atoms with Crippen LogP contribution in [0.4, 0.5) is 0 Å². The Balaban J connectivity index is 1.01. The van der Waals surface area contributed by atoms with Gasteiger partial charge in [0.15, 0.2) is 0 Å². The highest BCUT2D eigenvalue weighted by Gasteiger charge is 2.30. The summed E-state index contributed by atoms with van der Waals surface area (Å²) in [4.78, 5) is 18.3. The largest absolute Gasteiger partial charge is 0.508 e. The third-order valence-electron chi connectivity index (χ3n) is 8.22. The second-order valence-corrected chi connectivity index (χ2v) is 11.4. The van der Waals surface area contributed by atoms with Gasteiger partial charge in [-0.15, -0.1) is 0 Å². The van der Waals surface area contributed by atoms with Crippen molar-refractivity contribution in [3.63, 3.8) is 0 Å². The van der Waals surface area contributed by atoms with E-state index in [2.05, 4.69) is 21.4 Å². The number of halogens is 2. The predicted molar refractivity (Wildman–Crippen MR) is 152 cm³/mol. The highest BCUT2D eigenvalue weighted by atomic mass is 35.5. The molecule has 1 aliphatic heterocycles. The third kappa shape index (κ3) is 6.51. The Morgan fingerprint density at radius 2 is 1.81 bits per heavy atom. The monoisotopic (exact) mass is 539 g/mol. The van der Waals surface area contributed by atoms with Gasteiger partial charge in [0.05, 0.1) is 10.0 Å². The number of phenolic OH excluding ortho intramolecular Hbond substituents is 1. The van der Waals surface area contributed by atoms with E-state index in [4.69, 9.17) is 23.2 Å². The smallest absolute Gasteiger partial charge is 0.243 e. The highest BCUT2D eigenvalue weighted by molar-refractivity contribution is 6.42. The third-order valence-corrected chi connectivity index (χ3v) is 8.96. The van der Waals surface area contributed by atoms with Crippen molar-refractivity contribution in [3.8, 4) is 5.75 Å². The lowest BCUT2D eigenvalue weighted by Crippen LogP contribution is -2.43. The zero-order chi connectivity index (χ0) is 25.8. The molecule has 37 heavy (non-hydrogen) atoms. The summed E-state index contributed by atoms with van der Waals surface area (Å²) in [5, 5.41) is 15.1. The molecule has 5 nitrogen and oxygen atoms in total. The lowest BCUT2D eigenvalue weighted by molar-refractivity contribution is -0.116. The van der Waals surface area contributed by atoms with Gasteiger partial charge >= 0.3 is 0 Å². The second-order valence-electron chi connectivity index (χ2n) is 10.5. The van der Waals surface area contributed by atoms with Crippen LogP contribution in [0.2, 0.25) is 10.0 Å². The van der Waals surface area contributed by atoms with E-state index < -0.39 is 0 Å². The molecular formula is C30H35Cl2N3O2. The first-order valence-electron chi connectivity index (χ1n) is 13.4. The van der Waals surface area contributed by atoms with Gasteiger partial charge in [0, 0.05) is 35.8 Å². The van der Waals surface area contributed by atoms with Gasteiger partial charge in [-0.1, -0.05) is 29.3 Å². The molecule has 1 saturated heterocycles. The topological polar surface area (TPSA) is 68.4 Å². The molecule has 1 amide bonds. The zero-order valence-corrected chi connectivity index (χ0v) is 22.6. The van der Waals surface area contributed by atoms with Gasteiger partial charge in [0.2, 0.25) is 5.91 Å². The van der Waals surface area contributed by atoms with Crippen molar-refractivity contribution >= 4 is 46.1 Å². The molecule has 1 aromatic heterocycles. The van der Waals surface area contributed by atoms with Crippen LogP contribution in [0.5, 0.6) is 5.75 Å². The molecule has 1 saturated carbocycles. The minimum absolute atomic E-state index is 0.0759. The molecule has 0 atom stereocenters. The molecule has 196 valence electrons. The first-order valence-corrected chi connectivity index (χ1v) is 14.2. The van der Waals surface area contributed by atoms with Crippen LogP contribution in [0.1, 0.15) is 62.0 Å². The molecule has 2 fully saturated rings. The van der Waals surface area contributed by atoms with Crippen molar-refractivity contribution in [2.45, 2.75) is 56.9 Å². The molecule has 7 heteroatoms. The summed E-state index contributed by atoms with van der Waals surface area (Å²) in [6, 6.07) is 11.6. The Hall–Kier alpha value is -2.47. The molecular weight excluding hydrogens is 505 g/mol. The van der Waals surface area contributed by atoms with E-state index >= 15 is 0 Å². The van der Waals surface area contributed by atoms with Gasteiger partial charge in [-0.25, -0.2) is 0 Å². The van der Waals surface area contributed by atoms with Crippen molar-refractivity contribution in [3.05, 3.63) is 69.8 Å². The standard InChI is InChI=1S/C30H35Cl2N3O2/c31-27-8-3-21(17-28(27)32)4-10-30(37)33-14-11-20-1-5-23(6-2-20)35-15-12-22(13-16-35)26-19-34-29-9-7-24(36)18-25(26)29/h3-4,7-10,17-20,22-23,34,36H,1-2,5-6,11-16H2,(H,33,37)/b10-4+. The fraction of sp³-hybridized carbons (Fsp3) is 0.433. The van der Waals surface area contributed by atoms with Crippen molar-refractivity contribution in [2.24, 2.45) is 5.92 Å². The number of aromatic amines is 1. The first kappa shape index (κ1) is 26.1. The number of nitrogens with one attached hydrogen (secondary N) is 2. The Morgan fingerprint density at radius 3 is 2.57 bits per heavy atom. The van der Waals surface area contributed by atoms with Crippen LogP contribution >= 0.6 is 23.2 Å². The number of carbonyl (C=O) groups excluding carboxylic acids is 1. The number of piperidine rings is 1. The predicted octanol–water partition coefficient (Wildman–Crippen LogP) is 7.14. The fourth-order valence-corrected chi connectivity index (χ4v) is 6.40. The maximum atomic E-state index is 12.2. The fourth-order valence-electron chi connectivity index (χ4n) is 6.09. The molecule has 2 aromatic carbocycles. The van der Waals surface area contributed by atoms with E-state index in [1.165, 1.54) is 44.1 Å². The highest BCUT2D eigenvalue weighted by Crippen LogP contribution is 2.37. The number of amides is 1. The summed E-state index contributed by atoms with van der Waals surface area (Å²) < 4.78 is 0. The quantitative estimate of drug-likeness (QED) is 0.279. The van der Waals surface area contributed by atoms with Crippen molar-refractivity contribution in [2.75, 3.05) is 19.6 Å². The minimum atomic E-state index is -0.0759. The molecule has 0 radical (unpaired) electrons. The number of nitrogens with zero attached hydrogens (tertiary/aromatic N) is 1. The summed E-state index contributed by atoms with van der Waals surface area (Å²) in [6.45, 7) is 3.00. The van der Waals surface area contributed by atoms with Crippen LogP contribution in [0.25, 0.3) is 17.0 Å². The minimum Gasteiger partial charge on any atom is -0.508 e. The molecule has 3 N–H and O–H groups in total. The summed E-state index contributed by atoms with van der Waals surface area (Å²) in [7, 11) is 0. The zero-order valence-electron chi connectivity index (χ0n) is 21.1. The number of H-pyrrole nitrogens is 1. The second kappa shape index (κ2) is 11.9. The number of aromatic nitrogens is 1. The molecule has 2 aliphatic rings.